The van der Waals surface area contributed by atoms with Gasteiger partial charge in [0.25, 0.3) is 11.1 Å². The highest BCUT2D eigenvalue weighted by molar-refractivity contribution is 7.93. The third-order valence-electron chi connectivity index (χ3n) is 7.02. The maximum atomic E-state index is 14.2. The van der Waals surface area contributed by atoms with E-state index in [9.17, 15) is 38.2 Å². The van der Waals surface area contributed by atoms with Crippen molar-refractivity contribution in [2.24, 2.45) is 0 Å². The number of nitro groups is 2. The molecular weight excluding hydrogens is 524 g/mol. The number of rotatable bonds is 10. The van der Waals surface area contributed by atoms with Crippen LogP contribution in [0, 0.1) is 20.2 Å². The van der Waals surface area contributed by atoms with Gasteiger partial charge in [0, 0.05) is 21.0 Å². The predicted octanol–water partition coefficient (Wildman–Crippen LogP) is 3.97. The van der Waals surface area contributed by atoms with Crippen molar-refractivity contribution < 1.29 is 27.9 Å². The van der Waals surface area contributed by atoms with Gasteiger partial charge in [-0.15, -0.1) is 0 Å². The topological polar surface area (TPSA) is 155 Å². The Morgan fingerprint density at radius 1 is 0.667 bits per heavy atom. The molecule has 200 valence electrons. The minimum absolute atomic E-state index is 0.159. The van der Waals surface area contributed by atoms with Crippen molar-refractivity contribution in [3.8, 4) is 0 Å². The molecule has 0 bridgehead atoms. The van der Waals surface area contributed by atoms with E-state index >= 15 is 0 Å². The first-order valence-electron chi connectivity index (χ1n) is 11.9. The number of Topliss-reactive ketones (excluding diaryl/α,β-unsaturated/α-hetero) is 2. The molecule has 0 radical (unpaired) electrons. The van der Waals surface area contributed by atoms with E-state index < -0.39 is 65.7 Å². The minimum atomic E-state index is -4.81. The average Bonchev–Trinajstić information content (AvgIpc) is 2.94. The zero-order valence-electron chi connectivity index (χ0n) is 20.5. The molecule has 0 spiro atoms. The van der Waals surface area contributed by atoms with Crippen LogP contribution in [0.1, 0.15) is 33.6 Å². The standard InChI is InChI=1S/C28H24N2O8S/c31-23(21-11-3-1-4-12-21)19-27(29(33)34)17-9-7-15-25(27)39(37,38)26-16-8-10-18-28(26,30(35)36)20-24(32)22-13-5-2-6-14-22/h1-18,25-26H,19-20H2. The molecule has 39 heavy (non-hydrogen) atoms. The lowest BCUT2D eigenvalue weighted by molar-refractivity contribution is -0.553. The first kappa shape index (κ1) is 27.5. The Balaban J connectivity index is 1.79. The van der Waals surface area contributed by atoms with Crippen LogP contribution in [-0.2, 0) is 9.84 Å². The molecule has 0 saturated carbocycles. The molecule has 0 aromatic heterocycles. The van der Waals surface area contributed by atoms with Crippen LogP contribution in [0.5, 0.6) is 0 Å². The van der Waals surface area contributed by atoms with Crippen LogP contribution in [0.2, 0.25) is 0 Å². The number of carbonyl (C=O) groups is 2. The average molecular weight is 549 g/mol. The van der Waals surface area contributed by atoms with Gasteiger partial charge in [-0.25, -0.2) is 8.42 Å². The lowest BCUT2D eigenvalue weighted by Crippen LogP contribution is -2.60. The second-order valence-corrected chi connectivity index (χ2v) is 11.5. The van der Waals surface area contributed by atoms with E-state index in [2.05, 4.69) is 0 Å². The molecule has 4 unspecified atom stereocenters. The van der Waals surface area contributed by atoms with E-state index in [-0.39, 0.29) is 11.1 Å². The van der Waals surface area contributed by atoms with Gasteiger partial charge in [0.05, 0.1) is 12.8 Å². The van der Waals surface area contributed by atoms with Gasteiger partial charge in [-0.3, -0.25) is 29.8 Å². The van der Waals surface area contributed by atoms with E-state index in [1.54, 1.807) is 36.4 Å². The highest BCUT2D eigenvalue weighted by Gasteiger charge is 2.63. The van der Waals surface area contributed by atoms with Crippen molar-refractivity contribution >= 4 is 21.4 Å². The van der Waals surface area contributed by atoms with Gasteiger partial charge in [-0.1, -0.05) is 97.1 Å². The van der Waals surface area contributed by atoms with Crippen molar-refractivity contribution in [1.82, 2.24) is 0 Å². The first-order chi connectivity index (χ1) is 18.5. The molecule has 2 aromatic rings. The Kier molecular flexibility index (Phi) is 7.55. The minimum Gasteiger partial charge on any atom is -0.294 e. The fourth-order valence-electron chi connectivity index (χ4n) is 4.99. The lowest BCUT2D eigenvalue weighted by Gasteiger charge is -2.36. The molecule has 10 nitrogen and oxygen atoms in total. The molecule has 0 N–H and O–H groups in total. The molecule has 2 aromatic carbocycles. The fraction of sp³-hybridized carbons (Fsp3) is 0.214. The quantitative estimate of drug-likeness (QED) is 0.245. The van der Waals surface area contributed by atoms with Gasteiger partial charge in [-0.2, -0.15) is 0 Å². The van der Waals surface area contributed by atoms with E-state index in [1.165, 1.54) is 48.6 Å². The number of ketones is 2. The van der Waals surface area contributed by atoms with Gasteiger partial charge in [-0.05, 0) is 12.2 Å². The van der Waals surface area contributed by atoms with Gasteiger partial charge < -0.3 is 0 Å². The molecule has 0 aliphatic heterocycles. The summed E-state index contributed by atoms with van der Waals surface area (Å²) in [6.07, 6.45) is 7.80. The van der Waals surface area contributed by atoms with Crippen LogP contribution in [0.15, 0.2) is 109 Å². The van der Waals surface area contributed by atoms with E-state index in [1.807, 2.05) is 0 Å². The predicted molar refractivity (Wildman–Crippen MR) is 143 cm³/mol. The zero-order valence-corrected chi connectivity index (χ0v) is 21.3. The lowest BCUT2D eigenvalue weighted by atomic mass is 9.84. The Morgan fingerprint density at radius 2 is 1.03 bits per heavy atom. The largest absolute Gasteiger partial charge is 0.294 e. The summed E-state index contributed by atoms with van der Waals surface area (Å²) in [5.74, 6) is -1.32. The monoisotopic (exact) mass is 548 g/mol. The van der Waals surface area contributed by atoms with E-state index in [0.717, 1.165) is 24.3 Å². The Bertz CT molecular complexity index is 1420. The fourth-order valence-corrected chi connectivity index (χ4v) is 7.56. The van der Waals surface area contributed by atoms with Crippen molar-refractivity contribution in [2.45, 2.75) is 34.4 Å². The second-order valence-electron chi connectivity index (χ2n) is 9.35. The van der Waals surface area contributed by atoms with Gasteiger partial charge in [0.2, 0.25) is 0 Å². The molecule has 0 fully saturated rings. The van der Waals surface area contributed by atoms with Crippen molar-refractivity contribution in [3.05, 3.63) is 141 Å². The molecule has 11 heteroatoms. The maximum Gasteiger partial charge on any atom is 0.267 e. The Hall–Kier alpha value is -4.51. The van der Waals surface area contributed by atoms with Gasteiger partial charge >= 0.3 is 0 Å². The number of nitrogens with zero attached hydrogens (tertiary/aromatic N) is 2. The number of hydrogen-bond acceptors (Lipinski definition) is 8. The van der Waals surface area contributed by atoms with E-state index in [4.69, 9.17) is 0 Å². The Morgan fingerprint density at radius 3 is 1.36 bits per heavy atom. The van der Waals surface area contributed by atoms with Crippen LogP contribution < -0.4 is 0 Å². The van der Waals surface area contributed by atoms with Crippen molar-refractivity contribution in [3.63, 3.8) is 0 Å². The molecule has 4 atom stereocenters. The summed E-state index contributed by atoms with van der Waals surface area (Å²) in [5, 5.41) is 21.2. The summed E-state index contributed by atoms with van der Waals surface area (Å²) in [6.45, 7) is 0. The maximum absolute atomic E-state index is 14.2. The third-order valence-corrected chi connectivity index (χ3v) is 9.56. The molecule has 2 aliphatic rings. The van der Waals surface area contributed by atoms with Crippen molar-refractivity contribution in [1.29, 1.82) is 0 Å². The smallest absolute Gasteiger partial charge is 0.267 e. The molecule has 2 aliphatic carbocycles. The Labute approximate surface area is 224 Å². The van der Waals surface area contributed by atoms with Crippen LogP contribution >= 0.6 is 0 Å². The summed E-state index contributed by atoms with van der Waals surface area (Å²) >= 11 is 0. The SMILES string of the molecule is O=C(CC1([N+](=O)[O-])C=CC=CC1S(=O)(=O)C1C=CC=CC1(CC(=O)c1ccccc1)[N+](=O)[O-])c1ccccc1. The summed E-state index contributed by atoms with van der Waals surface area (Å²) in [4.78, 5) is 49.5. The number of hydrogen-bond donors (Lipinski definition) is 0. The third kappa shape index (κ3) is 5.00. The van der Waals surface area contributed by atoms with Crippen LogP contribution in [-0.4, -0.2) is 51.4 Å². The summed E-state index contributed by atoms with van der Waals surface area (Å²) in [7, 11) is -4.81. The summed E-state index contributed by atoms with van der Waals surface area (Å²) in [6, 6.07) is 15.5. The highest BCUT2D eigenvalue weighted by atomic mass is 32.2. The number of sulfone groups is 1. The molecule has 0 saturated heterocycles. The molecule has 0 amide bonds. The van der Waals surface area contributed by atoms with E-state index in [0.29, 0.717) is 0 Å². The number of benzene rings is 2. The number of carbonyl (C=O) groups excluding carboxylic acids is 2. The van der Waals surface area contributed by atoms with Gasteiger partial charge in [0.15, 0.2) is 31.9 Å². The van der Waals surface area contributed by atoms with Crippen LogP contribution in [0.25, 0.3) is 0 Å². The van der Waals surface area contributed by atoms with Crippen LogP contribution in [0.4, 0.5) is 0 Å². The highest BCUT2D eigenvalue weighted by Crippen LogP contribution is 2.40. The second kappa shape index (κ2) is 10.7. The normalized spacial score (nSPS) is 25.7. The van der Waals surface area contributed by atoms with Gasteiger partial charge in [0.1, 0.15) is 0 Å². The first-order valence-corrected chi connectivity index (χ1v) is 13.6. The van der Waals surface area contributed by atoms with Crippen molar-refractivity contribution in [2.75, 3.05) is 0 Å². The summed E-state index contributed by atoms with van der Waals surface area (Å²) in [5.41, 5.74) is -4.54. The number of allylic oxidation sites excluding steroid dienone is 4. The summed E-state index contributed by atoms with van der Waals surface area (Å²) < 4.78 is 28.4. The molecule has 0 heterocycles. The zero-order chi connectivity index (χ0) is 28.3. The van der Waals surface area contributed by atoms with Crippen LogP contribution in [0.3, 0.4) is 0 Å². The molecular formula is C28H24N2O8S. The molecule has 4 rings (SSSR count).